The maximum Gasteiger partial charge on any atom is 0.328 e. The molecule has 0 aliphatic heterocycles. The second-order valence-electron chi connectivity index (χ2n) is 2.75. The summed E-state index contributed by atoms with van der Waals surface area (Å²) in [6, 6.07) is 0. The topological polar surface area (TPSA) is 101 Å². The van der Waals surface area contributed by atoms with Crippen molar-refractivity contribution in [2.75, 3.05) is 0 Å². The number of aromatic amines is 2. The molecule has 0 saturated heterocycles. The van der Waals surface area contributed by atoms with Crippen LogP contribution in [0.15, 0.2) is 20.7 Å². The Bertz CT molecular complexity index is 663. The maximum atomic E-state index is 11.4. The fourth-order valence-electron chi connectivity index (χ4n) is 1.12. The van der Waals surface area contributed by atoms with Crippen molar-refractivity contribution in [3.05, 3.63) is 37.5 Å². The number of hydrogen-bond donors (Lipinski definition) is 2. The van der Waals surface area contributed by atoms with Crippen LogP contribution in [0.5, 0.6) is 0 Å². The highest BCUT2D eigenvalue weighted by Crippen LogP contribution is 1.89. The molecule has 0 spiro atoms. The van der Waals surface area contributed by atoms with E-state index >= 15 is 0 Å². The molecule has 0 saturated carbocycles. The van der Waals surface area contributed by atoms with Crippen LogP contribution in [-0.2, 0) is 7.05 Å². The Labute approximate surface area is 76.1 Å². The Kier molecular flexibility index (Phi) is 1.60. The zero-order chi connectivity index (χ0) is 10.3. The lowest BCUT2D eigenvalue weighted by Crippen LogP contribution is -2.34. The van der Waals surface area contributed by atoms with Crippen molar-refractivity contribution in [3.63, 3.8) is 0 Å². The number of nitrogens with one attached hydrogen (secondary N) is 2. The van der Waals surface area contributed by atoms with Gasteiger partial charge in [0, 0.05) is 7.05 Å². The van der Waals surface area contributed by atoms with Crippen molar-refractivity contribution in [2.45, 2.75) is 0 Å². The monoisotopic (exact) mass is 194 g/mol. The third-order valence-electron chi connectivity index (χ3n) is 1.90. The molecule has 2 rings (SSSR count). The highest BCUT2D eigenvalue weighted by Gasteiger charge is 2.07. The van der Waals surface area contributed by atoms with Gasteiger partial charge < -0.3 is 9.97 Å². The maximum absolute atomic E-state index is 11.4. The third-order valence-corrected chi connectivity index (χ3v) is 1.90. The van der Waals surface area contributed by atoms with Gasteiger partial charge in [0.05, 0.1) is 6.33 Å². The quantitative estimate of drug-likeness (QED) is 0.522. The Hall–Kier alpha value is -2.18. The zero-order valence-corrected chi connectivity index (χ0v) is 7.20. The number of H-pyrrole nitrogens is 2. The summed E-state index contributed by atoms with van der Waals surface area (Å²) in [7, 11) is 1.31. The van der Waals surface area contributed by atoms with E-state index in [0.29, 0.717) is 0 Å². The molecule has 0 aromatic carbocycles. The minimum absolute atomic E-state index is 0.0455. The molecule has 0 fully saturated rings. The van der Waals surface area contributed by atoms with Gasteiger partial charge in [-0.1, -0.05) is 0 Å². The molecule has 2 N–H and O–H groups in total. The van der Waals surface area contributed by atoms with Gasteiger partial charge in [-0.2, -0.15) is 0 Å². The van der Waals surface area contributed by atoms with Crippen molar-refractivity contribution < 1.29 is 0 Å². The number of hydrogen-bond acceptors (Lipinski definition) is 4. The summed E-state index contributed by atoms with van der Waals surface area (Å²) in [5.74, 6) is 0. The van der Waals surface area contributed by atoms with Gasteiger partial charge in [0.15, 0.2) is 5.52 Å². The Morgan fingerprint density at radius 3 is 2.79 bits per heavy atom. The molecule has 14 heavy (non-hydrogen) atoms. The summed E-state index contributed by atoms with van der Waals surface area (Å²) < 4.78 is 0.856. The van der Waals surface area contributed by atoms with Crippen molar-refractivity contribution >= 4 is 11.0 Å². The highest BCUT2D eigenvalue weighted by atomic mass is 16.2. The first kappa shape index (κ1) is 8.42. The molecule has 0 atom stereocenters. The SMILES string of the molecule is Cn1c(=O)[nH]c2c(=O)[nH]cnc2c1=O. The van der Waals surface area contributed by atoms with Gasteiger partial charge in [0.1, 0.15) is 5.52 Å². The first-order valence-electron chi connectivity index (χ1n) is 3.78. The molecule has 2 aromatic heterocycles. The lowest BCUT2D eigenvalue weighted by Gasteiger charge is -1.97. The molecule has 0 aliphatic carbocycles. The van der Waals surface area contributed by atoms with Crippen LogP contribution >= 0.6 is 0 Å². The van der Waals surface area contributed by atoms with Gasteiger partial charge >= 0.3 is 5.69 Å². The molecular formula is C7H6N4O3. The van der Waals surface area contributed by atoms with Gasteiger partial charge in [-0.05, 0) is 0 Å². The van der Waals surface area contributed by atoms with Gasteiger partial charge in [-0.3, -0.25) is 14.2 Å². The van der Waals surface area contributed by atoms with Crippen LogP contribution in [0.4, 0.5) is 0 Å². The molecule has 2 heterocycles. The second kappa shape index (κ2) is 2.66. The molecular weight excluding hydrogens is 188 g/mol. The lowest BCUT2D eigenvalue weighted by atomic mass is 10.4. The first-order valence-corrected chi connectivity index (χ1v) is 3.78. The molecule has 7 nitrogen and oxygen atoms in total. The normalized spacial score (nSPS) is 10.6. The number of aromatic nitrogens is 4. The van der Waals surface area contributed by atoms with Crippen LogP contribution in [0.2, 0.25) is 0 Å². The largest absolute Gasteiger partial charge is 0.328 e. The van der Waals surface area contributed by atoms with Gasteiger partial charge in [0.2, 0.25) is 0 Å². The average Bonchev–Trinajstić information content (AvgIpc) is 2.17. The average molecular weight is 194 g/mol. The molecule has 7 heteroatoms. The van der Waals surface area contributed by atoms with Crippen LogP contribution < -0.4 is 16.8 Å². The smallest absolute Gasteiger partial charge is 0.311 e. The van der Waals surface area contributed by atoms with Crippen molar-refractivity contribution in [3.8, 4) is 0 Å². The van der Waals surface area contributed by atoms with E-state index in [1.165, 1.54) is 7.05 Å². The zero-order valence-electron chi connectivity index (χ0n) is 7.20. The number of rotatable bonds is 0. The minimum atomic E-state index is -0.638. The van der Waals surface area contributed by atoms with Crippen molar-refractivity contribution in [2.24, 2.45) is 7.05 Å². The van der Waals surface area contributed by atoms with Crippen LogP contribution in [0, 0.1) is 0 Å². The summed E-state index contributed by atoms with van der Waals surface area (Å²) in [5, 5.41) is 0. The van der Waals surface area contributed by atoms with Crippen molar-refractivity contribution in [1.29, 1.82) is 0 Å². The molecule has 0 unspecified atom stereocenters. The van der Waals surface area contributed by atoms with E-state index in [4.69, 9.17) is 0 Å². The van der Waals surface area contributed by atoms with Crippen molar-refractivity contribution in [1.82, 2.24) is 19.5 Å². The predicted molar refractivity (Wildman–Crippen MR) is 48.2 cm³/mol. The van der Waals surface area contributed by atoms with E-state index in [9.17, 15) is 14.4 Å². The fraction of sp³-hybridized carbons (Fsp3) is 0.143. The predicted octanol–water partition coefficient (Wildman–Crippen LogP) is -1.69. The summed E-state index contributed by atoms with van der Waals surface area (Å²) in [6.45, 7) is 0. The van der Waals surface area contributed by atoms with Gasteiger partial charge in [-0.15, -0.1) is 0 Å². The van der Waals surface area contributed by atoms with E-state index in [2.05, 4.69) is 15.0 Å². The first-order chi connectivity index (χ1) is 6.61. The van der Waals surface area contributed by atoms with E-state index in [1.807, 2.05) is 0 Å². The second-order valence-corrected chi connectivity index (χ2v) is 2.75. The lowest BCUT2D eigenvalue weighted by molar-refractivity contribution is 0.787. The van der Waals surface area contributed by atoms with Gasteiger partial charge in [-0.25, -0.2) is 9.78 Å². The number of fused-ring (bicyclic) bond motifs is 1. The third kappa shape index (κ3) is 0.987. The minimum Gasteiger partial charge on any atom is -0.311 e. The standard InChI is InChI=1S/C7H6N4O3/c1-11-6(13)4-3(10-7(11)14)5(12)9-2-8-4/h2H,1H3,(H,10,14)(H,8,9,12). The van der Waals surface area contributed by atoms with Crippen LogP contribution in [0.25, 0.3) is 11.0 Å². The Balaban J connectivity index is 3.23. The Morgan fingerprint density at radius 2 is 2.07 bits per heavy atom. The molecule has 2 aromatic rings. The van der Waals surface area contributed by atoms with E-state index in [1.54, 1.807) is 0 Å². The van der Waals surface area contributed by atoms with E-state index in [0.717, 1.165) is 10.9 Å². The number of nitrogens with zero attached hydrogens (tertiary/aromatic N) is 2. The highest BCUT2D eigenvalue weighted by molar-refractivity contribution is 5.70. The molecule has 0 amide bonds. The van der Waals surface area contributed by atoms with E-state index < -0.39 is 16.8 Å². The summed E-state index contributed by atoms with van der Waals surface area (Å²) in [5.41, 5.74) is -1.91. The van der Waals surface area contributed by atoms with Gasteiger partial charge in [0.25, 0.3) is 11.1 Å². The Morgan fingerprint density at radius 1 is 1.36 bits per heavy atom. The van der Waals surface area contributed by atoms with Crippen LogP contribution in [0.3, 0.4) is 0 Å². The summed E-state index contributed by atoms with van der Waals surface area (Å²) in [4.78, 5) is 42.0. The van der Waals surface area contributed by atoms with Crippen LogP contribution in [-0.4, -0.2) is 19.5 Å². The fourth-order valence-corrected chi connectivity index (χ4v) is 1.12. The summed E-state index contributed by atoms with van der Waals surface area (Å²) in [6.07, 6.45) is 1.12. The molecule has 0 radical (unpaired) electrons. The van der Waals surface area contributed by atoms with E-state index in [-0.39, 0.29) is 11.0 Å². The molecule has 72 valence electrons. The molecule has 0 bridgehead atoms. The van der Waals surface area contributed by atoms with Crippen LogP contribution in [0.1, 0.15) is 0 Å². The molecule has 0 aliphatic rings. The summed E-state index contributed by atoms with van der Waals surface area (Å²) >= 11 is 0.